The lowest BCUT2D eigenvalue weighted by Crippen LogP contribution is -2.30. The highest BCUT2D eigenvalue weighted by Gasteiger charge is 2.06. The van der Waals surface area contributed by atoms with Crippen molar-refractivity contribution in [2.75, 3.05) is 27.3 Å². The molecular formula is C13H16N2O3. The van der Waals surface area contributed by atoms with Gasteiger partial charge in [-0.2, -0.15) is 0 Å². The van der Waals surface area contributed by atoms with Gasteiger partial charge in [0.1, 0.15) is 17.1 Å². The first-order valence-electron chi connectivity index (χ1n) is 5.39. The van der Waals surface area contributed by atoms with Crippen molar-refractivity contribution in [3.63, 3.8) is 0 Å². The summed E-state index contributed by atoms with van der Waals surface area (Å²) in [6, 6.07) is 5.41. The molecule has 0 aliphatic carbocycles. The molecular weight excluding hydrogens is 232 g/mol. The van der Waals surface area contributed by atoms with E-state index in [4.69, 9.17) is 15.2 Å². The average molecular weight is 248 g/mol. The Bertz CT molecular complexity index is 453. The van der Waals surface area contributed by atoms with Crippen LogP contribution in [0.15, 0.2) is 18.2 Å². The van der Waals surface area contributed by atoms with Gasteiger partial charge < -0.3 is 20.5 Å². The normalized spacial score (nSPS) is 9.06. The lowest BCUT2D eigenvalue weighted by Gasteiger charge is -2.07. The third-order valence-corrected chi connectivity index (χ3v) is 2.20. The average Bonchev–Trinajstić information content (AvgIpc) is 2.42. The Morgan fingerprint density at radius 2 is 1.94 bits per heavy atom. The summed E-state index contributed by atoms with van der Waals surface area (Å²) < 4.78 is 10.4. The number of carbonyl (C=O) groups is 1. The van der Waals surface area contributed by atoms with E-state index in [2.05, 4.69) is 17.2 Å². The van der Waals surface area contributed by atoms with Gasteiger partial charge in [-0.1, -0.05) is 17.9 Å². The minimum Gasteiger partial charge on any atom is -0.495 e. The molecule has 1 aromatic carbocycles. The fraction of sp³-hybridized carbons (Fsp3) is 0.308. The highest BCUT2D eigenvalue weighted by Crippen LogP contribution is 2.26. The third kappa shape index (κ3) is 3.68. The molecule has 0 fully saturated rings. The zero-order valence-electron chi connectivity index (χ0n) is 10.4. The summed E-state index contributed by atoms with van der Waals surface area (Å²) in [5.41, 5.74) is 5.81. The van der Waals surface area contributed by atoms with Crippen LogP contribution in [-0.2, 0) is 4.79 Å². The van der Waals surface area contributed by atoms with Crippen molar-refractivity contribution in [1.29, 1.82) is 0 Å². The van der Waals surface area contributed by atoms with Crippen molar-refractivity contribution in [2.45, 2.75) is 0 Å². The van der Waals surface area contributed by atoms with E-state index in [-0.39, 0.29) is 19.0 Å². The fourth-order valence-corrected chi connectivity index (χ4v) is 1.32. The SMILES string of the molecule is COc1cccc(OC)c1C#CCNC(=O)CN. The Hall–Kier alpha value is -2.19. The van der Waals surface area contributed by atoms with Crippen molar-refractivity contribution >= 4 is 5.91 Å². The molecule has 18 heavy (non-hydrogen) atoms. The summed E-state index contributed by atoms with van der Waals surface area (Å²) in [7, 11) is 3.13. The zero-order valence-corrected chi connectivity index (χ0v) is 10.4. The monoisotopic (exact) mass is 248 g/mol. The van der Waals surface area contributed by atoms with Crippen LogP contribution in [0, 0.1) is 11.8 Å². The Kier molecular flexibility index (Phi) is 5.55. The molecule has 1 rings (SSSR count). The smallest absolute Gasteiger partial charge is 0.234 e. The number of hydrogen-bond acceptors (Lipinski definition) is 4. The maximum atomic E-state index is 10.9. The number of hydrogen-bond donors (Lipinski definition) is 2. The van der Waals surface area contributed by atoms with Gasteiger partial charge in [0.05, 0.1) is 27.3 Å². The van der Waals surface area contributed by atoms with Gasteiger partial charge in [0, 0.05) is 0 Å². The number of carbonyl (C=O) groups excluding carboxylic acids is 1. The van der Waals surface area contributed by atoms with Gasteiger partial charge in [-0.05, 0) is 12.1 Å². The van der Waals surface area contributed by atoms with Gasteiger partial charge in [-0.15, -0.1) is 0 Å². The largest absolute Gasteiger partial charge is 0.495 e. The summed E-state index contributed by atoms with van der Waals surface area (Å²) in [5, 5.41) is 2.56. The zero-order chi connectivity index (χ0) is 13.4. The molecule has 0 aromatic heterocycles. The van der Waals surface area contributed by atoms with Crippen LogP contribution in [0.3, 0.4) is 0 Å². The first-order chi connectivity index (χ1) is 8.72. The number of benzene rings is 1. The molecule has 1 amide bonds. The molecule has 1 aromatic rings. The van der Waals surface area contributed by atoms with E-state index in [1.165, 1.54) is 0 Å². The molecule has 5 nitrogen and oxygen atoms in total. The second kappa shape index (κ2) is 7.20. The van der Waals surface area contributed by atoms with Gasteiger partial charge in [0.2, 0.25) is 5.91 Å². The van der Waals surface area contributed by atoms with Crippen LogP contribution in [-0.4, -0.2) is 33.2 Å². The van der Waals surface area contributed by atoms with Crippen LogP contribution in [0.25, 0.3) is 0 Å². The second-order valence-electron chi connectivity index (χ2n) is 3.32. The Morgan fingerprint density at radius 3 is 2.44 bits per heavy atom. The highest BCUT2D eigenvalue weighted by molar-refractivity contribution is 5.78. The standard InChI is InChI=1S/C13H16N2O3/c1-17-11-6-3-7-12(18-2)10(11)5-4-8-15-13(16)9-14/h3,6-7H,8-9,14H2,1-2H3,(H,15,16). The molecule has 0 spiro atoms. The molecule has 0 atom stereocenters. The number of nitrogens with one attached hydrogen (secondary N) is 1. The van der Waals surface area contributed by atoms with Crippen molar-refractivity contribution in [2.24, 2.45) is 5.73 Å². The predicted octanol–water partition coefficient (Wildman–Crippen LogP) is 0.130. The molecule has 0 aliphatic heterocycles. The van der Waals surface area contributed by atoms with Crippen LogP contribution in [0.4, 0.5) is 0 Å². The quantitative estimate of drug-likeness (QED) is 0.743. The van der Waals surface area contributed by atoms with Gasteiger partial charge in [0.25, 0.3) is 0 Å². The molecule has 0 aliphatic rings. The Morgan fingerprint density at radius 1 is 1.33 bits per heavy atom. The van der Waals surface area contributed by atoms with Crippen LogP contribution < -0.4 is 20.5 Å². The maximum absolute atomic E-state index is 10.9. The topological polar surface area (TPSA) is 73.6 Å². The Labute approximate surface area is 106 Å². The molecule has 5 heteroatoms. The molecule has 0 unspecified atom stereocenters. The summed E-state index contributed by atoms with van der Waals surface area (Å²) >= 11 is 0. The van der Waals surface area contributed by atoms with E-state index in [1.54, 1.807) is 26.4 Å². The fourth-order valence-electron chi connectivity index (χ4n) is 1.32. The first kappa shape index (κ1) is 13.9. The Balaban J connectivity index is 2.82. The van der Waals surface area contributed by atoms with E-state index in [0.717, 1.165) is 0 Å². The number of ether oxygens (including phenoxy) is 2. The first-order valence-corrected chi connectivity index (χ1v) is 5.39. The van der Waals surface area contributed by atoms with Crippen molar-refractivity contribution < 1.29 is 14.3 Å². The van der Waals surface area contributed by atoms with Gasteiger partial charge in [0.15, 0.2) is 0 Å². The minimum absolute atomic E-state index is 0.0420. The summed E-state index contributed by atoms with van der Waals surface area (Å²) in [5.74, 6) is 6.75. The summed E-state index contributed by atoms with van der Waals surface area (Å²) in [6.45, 7) is 0.191. The van der Waals surface area contributed by atoms with Crippen LogP contribution in [0.1, 0.15) is 5.56 Å². The lowest BCUT2D eigenvalue weighted by molar-refractivity contribution is -0.119. The third-order valence-electron chi connectivity index (χ3n) is 2.20. The van der Waals surface area contributed by atoms with Gasteiger partial charge in [-0.25, -0.2) is 0 Å². The number of rotatable bonds is 4. The van der Waals surface area contributed by atoms with Crippen LogP contribution in [0.5, 0.6) is 11.5 Å². The van der Waals surface area contributed by atoms with Crippen molar-refractivity contribution in [3.05, 3.63) is 23.8 Å². The number of nitrogens with two attached hydrogens (primary N) is 1. The van der Waals surface area contributed by atoms with E-state index in [1.807, 2.05) is 6.07 Å². The van der Waals surface area contributed by atoms with Crippen LogP contribution >= 0.6 is 0 Å². The second-order valence-corrected chi connectivity index (χ2v) is 3.32. The minimum atomic E-state index is -0.240. The van der Waals surface area contributed by atoms with E-state index < -0.39 is 0 Å². The molecule has 0 heterocycles. The molecule has 0 radical (unpaired) electrons. The van der Waals surface area contributed by atoms with Crippen molar-refractivity contribution in [3.8, 4) is 23.3 Å². The highest BCUT2D eigenvalue weighted by atomic mass is 16.5. The maximum Gasteiger partial charge on any atom is 0.234 e. The molecule has 0 saturated heterocycles. The molecule has 3 N–H and O–H groups in total. The van der Waals surface area contributed by atoms with Gasteiger partial charge in [-0.3, -0.25) is 4.79 Å². The van der Waals surface area contributed by atoms with Crippen molar-refractivity contribution in [1.82, 2.24) is 5.32 Å². The predicted molar refractivity (Wildman–Crippen MR) is 68.5 cm³/mol. The molecule has 0 bridgehead atoms. The molecule has 0 saturated carbocycles. The number of methoxy groups -OCH3 is 2. The summed E-state index contributed by atoms with van der Waals surface area (Å²) in [6.07, 6.45) is 0. The number of amides is 1. The van der Waals surface area contributed by atoms with E-state index in [0.29, 0.717) is 17.1 Å². The molecule has 96 valence electrons. The summed E-state index contributed by atoms with van der Waals surface area (Å²) in [4.78, 5) is 10.9. The van der Waals surface area contributed by atoms with Gasteiger partial charge >= 0.3 is 0 Å². The lowest BCUT2D eigenvalue weighted by atomic mass is 10.2. The van der Waals surface area contributed by atoms with E-state index >= 15 is 0 Å². The van der Waals surface area contributed by atoms with Crippen LogP contribution in [0.2, 0.25) is 0 Å². The van der Waals surface area contributed by atoms with E-state index in [9.17, 15) is 4.79 Å².